The molecule has 1 aliphatic heterocycles. The summed E-state index contributed by atoms with van der Waals surface area (Å²) in [5.74, 6) is 0.140. The average Bonchev–Trinajstić information content (AvgIpc) is 2.64. The third kappa shape index (κ3) is 2.37. The van der Waals surface area contributed by atoms with Crippen molar-refractivity contribution in [2.45, 2.75) is 12.8 Å². The molecule has 2 rings (SSSR count). The standard InChI is InChI=1S/C12H12O3/c13-12(14)3-1-2-9-4-5-11-10(8-9)6-7-15-11/h1-2,4-5,8H,3,6-7H2,(H,13,14). The first kappa shape index (κ1) is 9.77. The lowest BCUT2D eigenvalue weighted by Crippen LogP contribution is -1.89. The van der Waals surface area contributed by atoms with E-state index in [1.807, 2.05) is 24.3 Å². The number of carboxylic acid groups (broad SMARTS) is 1. The van der Waals surface area contributed by atoms with E-state index in [4.69, 9.17) is 9.84 Å². The number of carboxylic acids is 1. The number of ether oxygens (including phenoxy) is 1. The third-order valence-electron chi connectivity index (χ3n) is 2.32. The zero-order valence-electron chi connectivity index (χ0n) is 8.27. The molecule has 1 aromatic rings. The van der Waals surface area contributed by atoms with Gasteiger partial charge in [0.05, 0.1) is 13.0 Å². The van der Waals surface area contributed by atoms with Crippen molar-refractivity contribution >= 4 is 12.0 Å². The summed E-state index contributed by atoms with van der Waals surface area (Å²) in [5.41, 5.74) is 2.23. The van der Waals surface area contributed by atoms with E-state index in [9.17, 15) is 4.79 Å². The monoisotopic (exact) mass is 204 g/mol. The van der Waals surface area contributed by atoms with Gasteiger partial charge in [0.15, 0.2) is 0 Å². The van der Waals surface area contributed by atoms with E-state index in [0.717, 1.165) is 24.3 Å². The summed E-state index contributed by atoms with van der Waals surface area (Å²) in [6.07, 6.45) is 4.48. The minimum atomic E-state index is -0.809. The highest BCUT2D eigenvalue weighted by Crippen LogP contribution is 2.26. The lowest BCUT2D eigenvalue weighted by molar-refractivity contribution is -0.135. The third-order valence-corrected chi connectivity index (χ3v) is 2.32. The lowest BCUT2D eigenvalue weighted by atomic mass is 10.1. The van der Waals surface area contributed by atoms with Gasteiger partial charge in [0.25, 0.3) is 0 Å². The Morgan fingerprint density at radius 1 is 1.53 bits per heavy atom. The fraction of sp³-hybridized carbons (Fsp3) is 0.250. The van der Waals surface area contributed by atoms with Crippen molar-refractivity contribution in [3.63, 3.8) is 0 Å². The second-order valence-corrected chi connectivity index (χ2v) is 3.47. The van der Waals surface area contributed by atoms with Crippen LogP contribution in [0.15, 0.2) is 24.3 Å². The zero-order chi connectivity index (χ0) is 10.7. The molecule has 0 fully saturated rings. The molecule has 0 amide bonds. The molecule has 15 heavy (non-hydrogen) atoms. The minimum Gasteiger partial charge on any atom is -0.493 e. The van der Waals surface area contributed by atoms with Gasteiger partial charge in [0.2, 0.25) is 0 Å². The Bertz CT molecular complexity index is 407. The van der Waals surface area contributed by atoms with Crippen LogP contribution in [0.1, 0.15) is 17.5 Å². The molecule has 1 N–H and O–H groups in total. The molecule has 78 valence electrons. The highest BCUT2D eigenvalue weighted by Gasteiger charge is 2.10. The zero-order valence-corrected chi connectivity index (χ0v) is 8.27. The molecule has 3 nitrogen and oxygen atoms in total. The Morgan fingerprint density at radius 3 is 3.20 bits per heavy atom. The Labute approximate surface area is 88.0 Å². The number of fused-ring (bicyclic) bond motifs is 1. The summed E-state index contributed by atoms with van der Waals surface area (Å²) in [5, 5.41) is 8.48. The van der Waals surface area contributed by atoms with Crippen LogP contribution < -0.4 is 4.74 Å². The lowest BCUT2D eigenvalue weighted by Gasteiger charge is -1.99. The van der Waals surface area contributed by atoms with Crippen LogP contribution in [0, 0.1) is 0 Å². The van der Waals surface area contributed by atoms with Crippen molar-refractivity contribution in [1.29, 1.82) is 0 Å². The first-order chi connectivity index (χ1) is 7.25. The van der Waals surface area contributed by atoms with Gasteiger partial charge in [-0.2, -0.15) is 0 Å². The molecule has 0 spiro atoms. The van der Waals surface area contributed by atoms with Crippen molar-refractivity contribution < 1.29 is 14.6 Å². The second-order valence-electron chi connectivity index (χ2n) is 3.47. The predicted octanol–water partition coefficient (Wildman–Crippen LogP) is 2.11. The Morgan fingerprint density at radius 2 is 2.40 bits per heavy atom. The maximum absolute atomic E-state index is 10.3. The predicted molar refractivity (Wildman–Crippen MR) is 56.9 cm³/mol. The first-order valence-corrected chi connectivity index (χ1v) is 4.90. The Kier molecular flexibility index (Phi) is 2.72. The maximum Gasteiger partial charge on any atom is 0.307 e. The highest BCUT2D eigenvalue weighted by atomic mass is 16.5. The van der Waals surface area contributed by atoms with Gasteiger partial charge in [-0.3, -0.25) is 4.79 Å². The molecular formula is C12H12O3. The van der Waals surface area contributed by atoms with Crippen LogP contribution in [0.3, 0.4) is 0 Å². The summed E-state index contributed by atoms with van der Waals surface area (Å²) in [6.45, 7) is 0.748. The van der Waals surface area contributed by atoms with Crippen molar-refractivity contribution in [3.05, 3.63) is 35.4 Å². The Hall–Kier alpha value is -1.77. The summed E-state index contributed by atoms with van der Waals surface area (Å²) in [4.78, 5) is 10.3. The Balaban J connectivity index is 2.10. The van der Waals surface area contributed by atoms with Gasteiger partial charge in [-0.15, -0.1) is 0 Å². The maximum atomic E-state index is 10.3. The summed E-state index contributed by atoms with van der Waals surface area (Å²) in [7, 11) is 0. The van der Waals surface area contributed by atoms with Crippen LogP contribution in [-0.2, 0) is 11.2 Å². The van der Waals surface area contributed by atoms with E-state index in [2.05, 4.69) is 0 Å². The molecule has 0 unspecified atom stereocenters. The van der Waals surface area contributed by atoms with E-state index in [1.54, 1.807) is 6.08 Å². The van der Waals surface area contributed by atoms with Gasteiger partial charge >= 0.3 is 5.97 Å². The van der Waals surface area contributed by atoms with Gasteiger partial charge in [0.1, 0.15) is 5.75 Å². The summed E-state index contributed by atoms with van der Waals surface area (Å²) < 4.78 is 5.38. The SMILES string of the molecule is O=C(O)CC=Cc1ccc2c(c1)CCO2. The van der Waals surface area contributed by atoms with Crippen LogP contribution in [-0.4, -0.2) is 17.7 Å². The normalized spacial score (nSPS) is 13.9. The number of aliphatic carboxylic acids is 1. The van der Waals surface area contributed by atoms with Crippen molar-refractivity contribution in [3.8, 4) is 5.75 Å². The molecule has 0 aromatic heterocycles. The molecule has 0 atom stereocenters. The van der Waals surface area contributed by atoms with Crippen LogP contribution in [0.25, 0.3) is 6.08 Å². The largest absolute Gasteiger partial charge is 0.493 e. The highest BCUT2D eigenvalue weighted by molar-refractivity contribution is 5.70. The smallest absolute Gasteiger partial charge is 0.307 e. The number of hydrogen-bond donors (Lipinski definition) is 1. The van der Waals surface area contributed by atoms with Crippen molar-refractivity contribution in [2.24, 2.45) is 0 Å². The molecule has 3 heteroatoms. The number of hydrogen-bond acceptors (Lipinski definition) is 2. The quantitative estimate of drug-likeness (QED) is 0.820. The minimum absolute atomic E-state index is 0.0631. The molecular weight excluding hydrogens is 192 g/mol. The fourth-order valence-electron chi connectivity index (χ4n) is 1.61. The molecule has 1 aromatic carbocycles. The first-order valence-electron chi connectivity index (χ1n) is 4.90. The van der Waals surface area contributed by atoms with Crippen molar-refractivity contribution in [1.82, 2.24) is 0 Å². The molecule has 1 heterocycles. The van der Waals surface area contributed by atoms with Gasteiger partial charge in [0, 0.05) is 6.42 Å². The average molecular weight is 204 g/mol. The van der Waals surface area contributed by atoms with Crippen LogP contribution in [0.2, 0.25) is 0 Å². The molecule has 0 saturated carbocycles. The van der Waals surface area contributed by atoms with E-state index >= 15 is 0 Å². The molecule has 0 bridgehead atoms. The van der Waals surface area contributed by atoms with Crippen LogP contribution in [0.4, 0.5) is 0 Å². The van der Waals surface area contributed by atoms with Gasteiger partial charge in [-0.25, -0.2) is 0 Å². The second kappa shape index (κ2) is 4.17. The van der Waals surface area contributed by atoms with E-state index in [1.165, 1.54) is 5.56 Å². The van der Waals surface area contributed by atoms with Gasteiger partial charge < -0.3 is 9.84 Å². The number of benzene rings is 1. The van der Waals surface area contributed by atoms with Crippen LogP contribution in [0.5, 0.6) is 5.75 Å². The van der Waals surface area contributed by atoms with Gasteiger partial charge in [-0.1, -0.05) is 18.2 Å². The summed E-state index contributed by atoms with van der Waals surface area (Å²) >= 11 is 0. The number of carbonyl (C=O) groups is 1. The van der Waals surface area contributed by atoms with Crippen molar-refractivity contribution in [2.75, 3.05) is 6.61 Å². The van der Waals surface area contributed by atoms with E-state index in [0.29, 0.717) is 0 Å². The molecule has 0 saturated heterocycles. The molecule has 0 aliphatic carbocycles. The van der Waals surface area contributed by atoms with Crippen LogP contribution >= 0.6 is 0 Å². The summed E-state index contributed by atoms with van der Waals surface area (Å²) in [6, 6.07) is 5.91. The molecule has 0 radical (unpaired) electrons. The fourth-order valence-corrected chi connectivity index (χ4v) is 1.61. The molecule has 1 aliphatic rings. The van der Waals surface area contributed by atoms with Gasteiger partial charge in [-0.05, 0) is 23.3 Å². The number of rotatable bonds is 3. The topological polar surface area (TPSA) is 46.5 Å². The van der Waals surface area contributed by atoms with E-state index < -0.39 is 5.97 Å². The van der Waals surface area contributed by atoms with E-state index in [-0.39, 0.29) is 6.42 Å².